The highest BCUT2D eigenvalue weighted by Gasteiger charge is 2.25. The van der Waals surface area contributed by atoms with Gasteiger partial charge < -0.3 is 10.5 Å². The van der Waals surface area contributed by atoms with E-state index in [0.717, 1.165) is 6.20 Å². The first kappa shape index (κ1) is 13.6. The monoisotopic (exact) mass is 264 g/mol. The van der Waals surface area contributed by atoms with Gasteiger partial charge in [0, 0.05) is 11.8 Å². The molecule has 0 aliphatic carbocycles. The van der Waals surface area contributed by atoms with Gasteiger partial charge in [0.15, 0.2) is 0 Å². The van der Waals surface area contributed by atoms with Gasteiger partial charge in [0.25, 0.3) is 6.43 Å². The van der Waals surface area contributed by atoms with Gasteiger partial charge in [0.05, 0.1) is 18.2 Å². The SMILES string of the molecule is CCOC(=O)c1c(C(F)F)ncc(CCl)c1N. The van der Waals surface area contributed by atoms with Crippen molar-refractivity contribution in [2.24, 2.45) is 0 Å². The van der Waals surface area contributed by atoms with Gasteiger partial charge in [-0.1, -0.05) is 0 Å². The van der Waals surface area contributed by atoms with Crippen molar-refractivity contribution in [2.45, 2.75) is 19.2 Å². The summed E-state index contributed by atoms with van der Waals surface area (Å²) in [7, 11) is 0. The Morgan fingerprint density at radius 3 is 2.76 bits per heavy atom. The van der Waals surface area contributed by atoms with Crippen molar-refractivity contribution >= 4 is 23.3 Å². The predicted molar refractivity (Wildman–Crippen MR) is 59.1 cm³/mol. The van der Waals surface area contributed by atoms with Gasteiger partial charge in [-0.15, -0.1) is 11.6 Å². The number of nitrogens with two attached hydrogens (primary N) is 1. The molecule has 0 spiro atoms. The van der Waals surface area contributed by atoms with Crippen LogP contribution in [0.5, 0.6) is 0 Å². The summed E-state index contributed by atoms with van der Waals surface area (Å²) in [6.07, 6.45) is -1.77. The zero-order chi connectivity index (χ0) is 13.0. The van der Waals surface area contributed by atoms with E-state index in [1.807, 2.05) is 0 Å². The van der Waals surface area contributed by atoms with E-state index in [9.17, 15) is 13.6 Å². The molecule has 1 aromatic rings. The van der Waals surface area contributed by atoms with Crippen LogP contribution in [0.25, 0.3) is 0 Å². The molecule has 17 heavy (non-hydrogen) atoms. The Labute approximate surface area is 102 Å². The van der Waals surface area contributed by atoms with E-state index in [2.05, 4.69) is 9.72 Å². The minimum Gasteiger partial charge on any atom is -0.462 e. The van der Waals surface area contributed by atoms with E-state index in [-0.39, 0.29) is 18.2 Å². The molecule has 7 heteroatoms. The van der Waals surface area contributed by atoms with Crippen LogP contribution in [0.4, 0.5) is 14.5 Å². The Bertz CT molecular complexity index is 427. The highest BCUT2D eigenvalue weighted by atomic mass is 35.5. The lowest BCUT2D eigenvalue weighted by Gasteiger charge is -2.12. The lowest BCUT2D eigenvalue weighted by molar-refractivity contribution is 0.0515. The Morgan fingerprint density at radius 2 is 2.29 bits per heavy atom. The Kier molecular flexibility index (Phi) is 4.62. The van der Waals surface area contributed by atoms with Gasteiger partial charge in [-0.05, 0) is 6.92 Å². The first-order chi connectivity index (χ1) is 8.02. The summed E-state index contributed by atoms with van der Waals surface area (Å²) in [5.74, 6) is -0.936. The molecule has 0 unspecified atom stereocenters. The fourth-order valence-corrected chi connectivity index (χ4v) is 1.48. The number of halogens is 3. The number of esters is 1. The number of carbonyl (C=O) groups excluding carboxylic acids is 1. The zero-order valence-corrected chi connectivity index (χ0v) is 9.80. The van der Waals surface area contributed by atoms with Crippen LogP contribution in [0.1, 0.15) is 35.0 Å². The molecule has 1 rings (SSSR count). The fraction of sp³-hybridized carbons (Fsp3) is 0.400. The highest BCUT2D eigenvalue weighted by molar-refractivity contribution is 6.17. The summed E-state index contributed by atoms with van der Waals surface area (Å²) in [6.45, 7) is 1.63. The molecule has 0 saturated heterocycles. The Morgan fingerprint density at radius 1 is 1.65 bits per heavy atom. The zero-order valence-electron chi connectivity index (χ0n) is 9.04. The van der Waals surface area contributed by atoms with E-state index in [0.29, 0.717) is 5.56 Å². The number of rotatable bonds is 4. The first-order valence-electron chi connectivity index (χ1n) is 4.81. The van der Waals surface area contributed by atoms with Crippen LogP contribution in [0.2, 0.25) is 0 Å². The number of nitrogen functional groups attached to an aromatic ring is 1. The van der Waals surface area contributed by atoms with Crippen molar-refractivity contribution in [2.75, 3.05) is 12.3 Å². The molecule has 0 saturated carbocycles. The highest BCUT2D eigenvalue weighted by Crippen LogP contribution is 2.28. The molecular formula is C10H11ClF2N2O2. The second kappa shape index (κ2) is 5.77. The number of alkyl halides is 3. The van der Waals surface area contributed by atoms with Crippen LogP contribution in [0, 0.1) is 0 Å². The van der Waals surface area contributed by atoms with Crippen molar-refractivity contribution in [3.05, 3.63) is 23.0 Å². The molecule has 0 aromatic carbocycles. The van der Waals surface area contributed by atoms with Crippen LogP contribution >= 0.6 is 11.6 Å². The number of anilines is 1. The Balaban J connectivity index is 3.34. The van der Waals surface area contributed by atoms with Crippen LogP contribution in [-0.2, 0) is 10.6 Å². The molecule has 94 valence electrons. The lowest BCUT2D eigenvalue weighted by atomic mass is 10.1. The molecule has 0 aliphatic rings. The minimum atomic E-state index is -2.90. The molecule has 0 amide bonds. The average molecular weight is 265 g/mol. The number of nitrogens with zero attached hydrogens (tertiary/aromatic N) is 1. The average Bonchev–Trinajstić information content (AvgIpc) is 2.28. The van der Waals surface area contributed by atoms with Gasteiger partial charge in [-0.3, -0.25) is 4.98 Å². The summed E-state index contributed by atoms with van der Waals surface area (Å²) in [6, 6.07) is 0. The first-order valence-corrected chi connectivity index (χ1v) is 5.34. The maximum absolute atomic E-state index is 12.7. The van der Waals surface area contributed by atoms with Gasteiger partial charge in [0.2, 0.25) is 0 Å². The van der Waals surface area contributed by atoms with Gasteiger partial charge in [-0.25, -0.2) is 13.6 Å². The molecule has 4 nitrogen and oxygen atoms in total. The van der Waals surface area contributed by atoms with E-state index in [1.165, 1.54) is 0 Å². The molecule has 1 aromatic heterocycles. The maximum atomic E-state index is 12.7. The number of pyridine rings is 1. The standard InChI is InChI=1S/C10H11ClF2N2O2/c1-2-17-10(16)6-7(14)5(3-11)4-15-8(6)9(12)13/h4,9H,2-3H2,1H3,(H2,14,15). The van der Waals surface area contributed by atoms with E-state index in [1.54, 1.807) is 6.92 Å². The molecule has 1 heterocycles. The predicted octanol–water partition coefficient (Wildman–Crippen LogP) is 2.52. The maximum Gasteiger partial charge on any atom is 0.342 e. The van der Waals surface area contributed by atoms with Crippen LogP contribution in [-0.4, -0.2) is 17.6 Å². The molecule has 0 fully saturated rings. The number of ether oxygens (including phenoxy) is 1. The number of hydrogen-bond donors (Lipinski definition) is 1. The van der Waals surface area contributed by atoms with Crippen molar-refractivity contribution in [1.82, 2.24) is 4.98 Å². The number of aromatic nitrogens is 1. The quantitative estimate of drug-likeness (QED) is 0.670. The second-order valence-electron chi connectivity index (χ2n) is 3.11. The summed E-state index contributed by atoms with van der Waals surface area (Å²) >= 11 is 5.56. The second-order valence-corrected chi connectivity index (χ2v) is 3.38. The Hall–Kier alpha value is -1.43. The van der Waals surface area contributed by atoms with Crippen LogP contribution in [0.3, 0.4) is 0 Å². The van der Waals surface area contributed by atoms with Gasteiger partial charge in [0.1, 0.15) is 11.3 Å². The molecule has 0 radical (unpaired) electrons. The number of carbonyl (C=O) groups is 1. The molecule has 0 aliphatic heterocycles. The van der Waals surface area contributed by atoms with Crippen LogP contribution in [0.15, 0.2) is 6.20 Å². The smallest absolute Gasteiger partial charge is 0.342 e. The van der Waals surface area contributed by atoms with Crippen molar-refractivity contribution in [1.29, 1.82) is 0 Å². The molecule has 0 atom stereocenters. The molecular weight excluding hydrogens is 254 g/mol. The third-order valence-corrected chi connectivity index (χ3v) is 2.35. The van der Waals surface area contributed by atoms with Crippen molar-refractivity contribution < 1.29 is 18.3 Å². The van der Waals surface area contributed by atoms with E-state index < -0.39 is 23.7 Å². The molecule has 0 bridgehead atoms. The van der Waals surface area contributed by atoms with Crippen molar-refractivity contribution in [3.63, 3.8) is 0 Å². The summed E-state index contributed by atoms with van der Waals surface area (Å²) in [5.41, 5.74) is 4.73. The van der Waals surface area contributed by atoms with Gasteiger partial charge >= 0.3 is 5.97 Å². The summed E-state index contributed by atoms with van der Waals surface area (Å²) < 4.78 is 30.0. The van der Waals surface area contributed by atoms with Gasteiger partial charge in [-0.2, -0.15) is 0 Å². The minimum absolute atomic E-state index is 0.0191. The van der Waals surface area contributed by atoms with E-state index in [4.69, 9.17) is 17.3 Å². The number of hydrogen-bond acceptors (Lipinski definition) is 4. The third kappa shape index (κ3) is 2.82. The summed E-state index contributed by atoms with van der Waals surface area (Å²) in [5, 5.41) is 0. The lowest BCUT2D eigenvalue weighted by Crippen LogP contribution is -2.14. The van der Waals surface area contributed by atoms with Crippen molar-refractivity contribution in [3.8, 4) is 0 Å². The third-order valence-electron chi connectivity index (χ3n) is 2.06. The summed E-state index contributed by atoms with van der Waals surface area (Å²) in [4.78, 5) is 15.0. The topological polar surface area (TPSA) is 65.2 Å². The largest absolute Gasteiger partial charge is 0.462 e. The van der Waals surface area contributed by atoms with Crippen LogP contribution < -0.4 is 5.73 Å². The normalized spacial score (nSPS) is 10.6. The molecule has 2 N–H and O–H groups in total. The van der Waals surface area contributed by atoms with E-state index >= 15 is 0 Å². The fourth-order valence-electron chi connectivity index (χ4n) is 1.27.